The van der Waals surface area contributed by atoms with E-state index in [0.717, 1.165) is 13.0 Å². The molecule has 0 radical (unpaired) electrons. The van der Waals surface area contributed by atoms with Gasteiger partial charge in [-0.25, -0.2) is 0 Å². The summed E-state index contributed by atoms with van der Waals surface area (Å²) in [6, 6.07) is 3.18. The molecular formula is C11H14Cl3NO2. The first-order valence-corrected chi connectivity index (χ1v) is 6.37. The molecule has 0 bridgehead atoms. The maximum atomic E-state index is 8.56. The van der Waals surface area contributed by atoms with Crippen molar-refractivity contribution in [3.63, 3.8) is 0 Å². The van der Waals surface area contributed by atoms with E-state index in [1.54, 1.807) is 12.1 Å². The lowest BCUT2D eigenvalue weighted by molar-refractivity contribution is 0.282. The molecule has 0 amide bonds. The van der Waals surface area contributed by atoms with Gasteiger partial charge in [0, 0.05) is 11.6 Å². The molecule has 0 unspecified atom stereocenters. The fourth-order valence-corrected chi connectivity index (χ4v) is 2.17. The largest absolute Gasteiger partial charge is 0.490 e. The summed E-state index contributed by atoms with van der Waals surface area (Å²) in [6.45, 7) is 1.99. The Morgan fingerprint density at radius 3 is 2.35 bits per heavy atom. The highest BCUT2D eigenvalue weighted by atomic mass is 35.5. The van der Waals surface area contributed by atoms with E-state index in [9.17, 15) is 0 Å². The minimum atomic E-state index is 0.135. The zero-order valence-corrected chi connectivity index (χ0v) is 11.4. The van der Waals surface area contributed by atoms with Crippen LogP contribution in [-0.4, -0.2) is 31.4 Å². The molecule has 0 aromatic heterocycles. The van der Waals surface area contributed by atoms with Crippen molar-refractivity contribution in [3.8, 4) is 5.75 Å². The van der Waals surface area contributed by atoms with E-state index < -0.39 is 0 Å². The maximum absolute atomic E-state index is 8.56. The second kappa shape index (κ2) is 8.01. The van der Waals surface area contributed by atoms with Crippen molar-refractivity contribution < 1.29 is 9.84 Å². The fraction of sp³-hybridized carbons (Fsp3) is 0.455. The normalized spacial score (nSPS) is 10.6. The molecule has 2 N–H and O–H groups in total. The van der Waals surface area contributed by atoms with Crippen LogP contribution < -0.4 is 10.1 Å². The summed E-state index contributed by atoms with van der Waals surface area (Å²) < 4.78 is 5.48. The highest BCUT2D eigenvalue weighted by Gasteiger charge is 2.08. The Bertz CT molecular complexity index is 338. The van der Waals surface area contributed by atoms with Gasteiger partial charge in [0.25, 0.3) is 0 Å². The summed E-state index contributed by atoms with van der Waals surface area (Å²) >= 11 is 17.7. The lowest BCUT2D eigenvalue weighted by atomic mass is 10.3. The quantitative estimate of drug-likeness (QED) is 0.760. The number of aliphatic hydroxyl groups excluding tert-OH is 1. The molecule has 1 aromatic carbocycles. The summed E-state index contributed by atoms with van der Waals surface area (Å²) in [5.74, 6) is 0.458. The monoisotopic (exact) mass is 297 g/mol. The molecule has 0 saturated heterocycles. The Morgan fingerprint density at radius 2 is 1.76 bits per heavy atom. The molecular weight excluding hydrogens is 284 g/mol. The van der Waals surface area contributed by atoms with Gasteiger partial charge in [-0.2, -0.15) is 0 Å². The number of hydrogen-bond acceptors (Lipinski definition) is 3. The number of hydrogen-bond donors (Lipinski definition) is 2. The number of nitrogens with one attached hydrogen (secondary N) is 1. The summed E-state index contributed by atoms with van der Waals surface area (Å²) in [5.41, 5.74) is 0. The molecule has 96 valence electrons. The van der Waals surface area contributed by atoms with Crippen LogP contribution in [0.3, 0.4) is 0 Å². The standard InChI is InChI=1S/C11H14Cl3NO2/c12-8-6-9(13)11(10(14)7-8)17-5-1-2-15-3-4-16/h6-7,15-16H,1-5H2. The Hall–Kier alpha value is -0.190. The van der Waals surface area contributed by atoms with Gasteiger partial charge in [0.15, 0.2) is 5.75 Å². The van der Waals surface area contributed by atoms with Gasteiger partial charge < -0.3 is 15.2 Å². The molecule has 0 fully saturated rings. The lowest BCUT2D eigenvalue weighted by Gasteiger charge is -2.10. The first-order valence-electron chi connectivity index (χ1n) is 5.24. The Balaban J connectivity index is 2.36. The van der Waals surface area contributed by atoms with Crippen LogP contribution in [0.25, 0.3) is 0 Å². The number of rotatable bonds is 7. The molecule has 1 rings (SSSR count). The number of ether oxygens (including phenoxy) is 1. The molecule has 6 heteroatoms. The lowest BCUT2D eigenvalue weighted by Crippen LogP contribution is -2.20. The minimum absolute atomic E-state index is 0.135. The van der Waals surface area contributed by atoms with Crippen LogP contribution in [0.4, 0.5) is 0 Å². The van der Waals surface area contributed by atoms with Gasteiger partial charge >= 0.3 is 0 Å². The van der Waals surface area contributed by atoms with Gasteiger partial charge in [-0.15, -0.1) is 0 Å². The maximum Gasteiger partial charge on any atom is 0.156 e. The molecule has 0 heterocycles. The van der Waals surface area contributed by atoms with E-state index in [-0.39, 0.29) is 6.61 Å². The third-order valence-corrected chi connectivity index (χ3v) is 2.78. The highest BCUT2D eigenvalue weighted by molar-refractivity contribution is 6.40. The van der Waals surface area contributed by atoms with Gasteiger partial charge in [-0.05, 0) is 25.1 Å². The molecule has 0 aliphatic heterocycles. The van der Waals surface area contributed by atoms with E-state index in [4.69, 9.17) is 44.6 Å². The van der Waals surface area contributed by atoms with E-state index >= 15 is 0 Å². The molecule has 0 atom stereocenters. The Morgan fingerprint density at radius 1 is 1.12 bits per heavy atom. The molecule has 3 nitrogen and oxygen atoms in total. The van der Waals surface area contributed by atoms with Crippen LogP contribution in [0.1, 0.15) is 6.42 Å². The summed E-state index contributed by atoms with van der Waals surface area (Å²) in [5, 5.41) is 12.9. The highest BCUT2D eigenvalue weighted by Crippen LogP contribution is 2.35. The molecule has 0 spiro atoms. The van der Waals surface area contributed by atoms with E-state index in [2.05, 4.69) is 5.32 Å². The average Bonchev–Trinajstić information content (AvgIpc) is 2.26. The first-order chi connectivity index (χ1) is 8.15. The smallest absolute Gasteiger partial charge is 0.156 e. The summed E-state index contributed by atoms with van der Waals surface area (Å²) in [4.78, 5) is 0. The number of halogens is 3. The van der Waals surface area contributed by atoms with Crippen LogP contribution in [0.5, 0.6) is 5.75 Å². The SMILES string of the molecule is OCCNCCCOc1c(Cl)cc(Cl)cc1Cl. The van der Waals surface area contributed by atoms with Crippen molar-refractivity contribution in [2.75, 3.05) is 26.3 Å². The fourth-order valence-electron chi connectivity index (χ4n) is 1.24. The summed E-state index contributed by atoms with van der Waals surface area (Å²) in [7, 11) is 0. The third kappa shape index (κ3) is 5.32. The second-order valence-electron chi connectivity index (χ2n) is 3.37. The van der Waals surface area contributed by atoms with Crippen molar-refractivity contribution in [2.24, 2.45) is 0 Å². The molecule has 17 heavy (non-hydrogen) atoms. The van der Waals surface area contributed by atoms with Crippen molar-refractivity contribution in [1.29, 1.82) is 0 Å². The van der Waals surface area contributed by atoms with Crippen LogP contribution in [0.2, 0.25) is 15.1 Å². The third-order valence-electron chi connectivity index (χ3n) is 2.00. The van der Waals surface area contributed by atoms with Crippen molar-refractivity contribution in [1.82, 2.24) is 5.32 Å². The van der Waals surface area contributed by atoms with E-state index in [1.165, 1.54) is 0 Å². The predicted molar refractivity (Wildman–Crippen MR) is 71.5 cm³/mol. The summed E-state index contributed by atoms with van der Waals surface area (Å²) in [6.07, 6.45) is 0.801. The van der Waals surface area contributed by atoms with Gasteiger partial charge in [0.2, 0.25) is 0 Å². The van der Waals surface area contributed by atoms with Crippen LogP contribution >= 0.6 is 34.8 Å². The minimum Gasteiger partial charge on any atom is -0.490 e. The van der Waals surface area contributed by atoms with Crippen LogP contribution in [-0.2, 0) is 0 Å². The molecule has 0 aliphatic carbocycles. The zero-order valence-electron chi connectivity index (χ0n) is 9.18. The average molecular weight is 299 g/mol. The van der Waals surface area contributed by atoms with Crippen molar-refractivity contribution >= 4 is 34.8 Å². The zero-order chi connectivity index (χ0) is 12.7. The van der Waals surface area contributed by atoms with Gasteiger partial charge in [-0.3, -0.25) is 0 Å². The van der Waals surface area contributed by atoms with Gasteiger partial charge in [0.1, 0.15) is 0 Å². The van der Waals surface area contributed by atoms with Gasteiger partial charge in [-0.1, -0.05) is 34.8 Å². The van der Waals surface area contributed by atoms with Crippen LogP contribution in [0.15, 0.2) is 12.1 Å². The molecule has 0 aliphatic rings. The van der Waals surface area contributed by atoms with E-state index in [1.807, 2.05) is 0 Å². The first kappa shape index (κ1) is 14.9. The molecule has 0 saturated carbocycles. The Kier molecular flexibility index (Phi) is 7.00. The van der Waals surface area contributed by atoms with Crippen molar-refractivity contribution in [3.05, 3.63) is 27.2 Å². The van der Waals surface area contributed by atoms with Gasteiger partial charge in [0.05, 0.1) is 23.3 Å². The topological polar surface area (TPSA) is 41.5 Å². The van der Waals surface area contributed by atoms with Crippen LogP contribution in [0, 0.1) is 0 Å². The molecule has 1 aromatic rings. The number of benzene rings is 1. The van der Waals surface area contributed by atoms with Crippen molar-refractivity contribution in [2.45, 2.75) is 6.42 Å². The Labute approximate surface area is 116 Å². The van der Waals surface area contributed by atoms with E-state index in [0.29, 0.717) is 34.0 Å². The second-order valence-corrected chi connectivity index (χ2v) is 4.63. The number of aliphatic hydroxyl groups is 1. The predicted octanol–water partition coefficient (Wildman–Crippen LogP) is 3.00.